The summed E-state index contributed by atoms with van der Waals surface area (Å²) in [6.07, 6.45) is 1.87. The summed E-state index contributed by atoms with van der Waals surface area (Å²) in [6, 6.07) is 1.77. The van der Waals surface area contributed by atoms with Crippen LogP contribution in [0.2, 0.25) is 0 Å². The number of carbonyl (C=O) groups excluding carboxylic acids is 1. The lowest BCUT2D eigenvalue weighted by Gasteiger charge is -2.06. The van der Waals surface area contributed by atoms with Gasteiger partial charge in [-0.15, -0.1) is 0 Å². The van der Waals surface area contributed by atoms with Gasteiger partial charge < -0.3 is 9.88 Å². The minimum absolute atomic E-state index is 0.149. The number of halogens is 2. The van der Waals surface area contributed by atoms with E-state index in [-0.39, 0.29) is 12.5 Å². The van der Waals surface area contributed by atoms with E-state index in [1.54, 1.807) is 6.07 Å². The van der Waals surface area contributed by atoms with Crippen LogP contribution in [0.1, 0.15) is 17.4 Å². The molecule has 1 N–H and O–H groups in total. The molecule has 1 rings (SSSR count). The Kier molecular flexibility index (Phi) is 4.42. The van der Waals surface area contributed by atoms with E-state index in [1.807, 2.05) is 17.7 Å². The van der Waals surface area contributed by atoms with Gasteiger partial charge in [0.25, 0.3) is 5.91 Å². The minimum atomic E-state index is -0.149. The largest absolute Gasteiger partial charge is 0.346 e. The van der Waals surface area contributed by atoms with E-state index in [9.17, 15) is 4.79 Å². The predicted molar refractivity (Wildman–Crippen MR) is 65.1 cm³/mol. The van der Waals surface area contributed by atoms with Gasteiger partial charge in [-0.05, 0) is 28.9 Å². The molecule has 1 aromatic rings. The average molecular weight is 292 g/mol. The lowest BCUT2D eigenvalue weighted by atomic mass is 10.4. The SMILES string of the molecule is C=C(Cl)CNC(=O)c1cc(Br)cn1CC. The zero-order chi connectivity index (χ0) is 11.4. The standard InChI is InChI=1S/C10H12BrClN2O/c1-3-14-6-8(11)4-9(14)10(15)13-5-7(2)12/h4,6H,2-3,5H2,1H3,(H,13,15). The van der Waals surface area contributed by atoms with E-state index in [2.05, 4.69) is 27.8 Å². The fourth-order valence-electron chi connectivity index (χ4n) is 1.19. The molecule has 3 nitrogen and oxygen atoms in total. The van der Waals surface area contributed by atoms with Crippen molar-refractivity contribution in [2.75, 3.05) is 6.54 Å². The Morgan fingerprint density at radius 1 is 1.73 bits per heavy atom. The molecule has 0 spiro atoms. The van der Waals surface area contributed by atoms with E-state index in [1.165, 1.54) is 0 Å². The molecule has 1 aromatic heterocycles. The van der Waals surface area contributed by atoms with Crippen LogP contribution >= 0.6 is 27.5 Å². The van der Waals surface area contributed by atoms with Crippen LogP contribution in [0.15, 0.2) is 28.3 Å². The number of carbonyl (C=O) groups is 1. The van der Waals surface area contributed by atoms with Crippen molar-refractivity contribution in [3.05, 3.63) is 34.0 Å². The monoisotopic (exact) mass is 290 g/mol. The zero-order valence-electron chi connectivity index (χ0n) is 8.39. The van der Waals surface area contributed by atoms with Crippen LogP contribution in [0.3, 0.4) is 0 Å². The molecule has 0 radical (unpaired) electrons. The van der Waals surface area contributed by atoms with Crippen molar-refractivity contribution in [2.24, 2.45) is 0 Å². The van der Waals surface area contributed by atoms with Crippen LogP contribution in [0.4, 0.5) is 0 Å². The molecule has 1 heterocycles. The highest BCUT2D eigenvalue weighted by atomic mass is 79.9. The first-order valence-electron chi connectivity index (χ1n) is 4.51. The van der Waals surface area contributed by atoms with Gasteiger partial charge in [0.15, 0.2) is 0 Å². The number of hydrogen-bond acceptors (Lipinski definition) is 1. The van der Waals surface area contributed by atoms with Crippen molar-refractivity contribution in [2.45, 2.75) is 13.5 Å². The number of nitrogens with zero attached hydrogens (tertiary/aromatic N) is 1. The molecule has 0 aliphatic heterocycles. The molecule has 0 saturated heterocycles. The molecule has 0 aliphatic rings. The van der Waals surface area contributed by atoms with Crippen LogP contribution in [-0.2, 0) is 6.54 Å². The van der Waals surface area contributed by atoms with E-state index in [4.69, 9.17) is 11.6 Å². The molecular formula is C10H12BrClN2O. The highest BCUT2D eigenvalue weighted by Crippen LogP contribution is 2.14. The fourth-order valence-corrected chi connectivity index (χ4v) is 1.72. The quantitative estimate of drug-likeness (QED) is 0.909. The van der Waals surface area contributed by atoms with Crippen LogP contribution in [0, 0.1) is 0 Å². The number of rotatable bonds is 4. The van der Waals surface area contributed by atoms with Gasteiger partial charge in [-0.25, -0.2) is 0 Å². The number of hydrogen-bond donors (Lipinski definition) is 1. The Bertz CT molecular complexity index is 387. The third kappa shape index (κ3) is 3.39. The van der Waals surface area contributed by atoms with Crippen LogP contribution < -0.4 is 5.32 Å². The summed E-state index contributed by atoms with van der Waals surface area (Å²) in [7, 11) is 0. The summed E-state index contributed by atoms with van der Waals surface area (Å²) >= 11 is 8.89. The second-order valence-corrected chi connectivity index (χ2v) is 4.48. The van der Waals surface area contributed by atoms with E-state index < -0.39 is 0 Å². The maximum Gasteiger partial charge on any atom is 0.268 e. The van der Waals surface area contributed by atoms with Crippen molar-refractivity contribution in [3.8, 4) is 0 Å². The average Bonchev–Trinajstić information content (AvgIpc) is 2.56. The Morgan fingerprint density at radius 2 is 2.40 bits per heavy atom. The van der Waals surface area contributed by atoms with Crippen molar-refractivity contribution in [3.63, 3.8) is 0 Å². The summed E-state index contributed by atoms with van der Waals surface area (Å²) in [5.74, 6) is -0.149. The topological polar surface area (TPSA) is 34.0 Å². The second-order valence-electron chi connectivity index (χ2n) is 3.03. The van der Waals surface area contributed by atoms with Gasteiger partial charge in [0.05, 0.1) is 6.54 Å². The normalized spacial score (nSPS) is 10.1. The smallest absolute Gasteiger partial charge is 0.268 e. The van der Waals surface area contributed by atoms with Gasteiger partial charge in [0.2, 0.25) is 0 Å². The second kappa shape index (κ2) is 5.37. The Balaban J connectivity index is 2.76. The van der Waals surface area contributed by atoms with Gasteiger partial charge in [0.1, 0.15) is 5.69 Å². The van der Waals surface area contributed by atoms with E-state index in [0.29, 0.717) is 10.7 Å². The van der Waals surface area contributed by atoms with Crippen molar-refractivity contribution < 1.29 is 4.79 Å². The maximum atomic E-state index is 11.7. The predicted octanol–water partition coefficient (Wildman–Crippen LogP) is 2.75. The van der Waals surface area contributed by atoms with Crippen LogP contribution in [0.5, 0.6) is 0 Å². The minimum Gasteiger partial charge on any atom is -0.346 e. The third-order valence-corrected chi connectivity index (χ3v) is 2.44. The van der Waals surface area contributed by atoms with Crippen molar-refractivity contribution in [1.29, 1.82) is 0 Å². The fraction of sp³-hybridized carbons (Fsp3) is 0.300. The highest BCUT2D eigenvalue weighted by molar-refractivity contribution is 9.10. The Labute approximate surface area is 102 Å². The number of aromatic nitrogens is 1. The molecule has 0 bridgehead atoms. The van der Waals surface area contributed by atoms with E-state index >= 15 is 0 Å². The molecule has 82 valence electrons. The maximum absolute atomic E-state index is 11.7. The molecule has 15 heavy (non-hydrogen) atoms. The number of nitrogens with one attached hydrogen (secondary N) is 1. The summed E-state index contributed by atoms with van der Waals surface area (Å²) < 4.78 is 2.75. The molecule has 0 unspecified atom stereocenters. The number of aryl methyl sites for hydroxylation is 1. The summed E-state index contributed by atoms with van der Waals surface area (Å²) in [4.78, 5) is 11.7. The molecule has 5 heteroatoms. The third-order valence-electron chi connectivity index (χ3n) is 1.88. The summed E-state index contributed by atoms with van der Waals surface area (Å²) in [6.45, 7) is 6.51. The number of amides is 1. The van der Waals surface area contributed by atoms with Crippen molar-refractivity contribution >= 4 is 33.4 Å². The van der Waals surface area contributed by atoms with Crippen LogP contribution in [0.25, 0.3) is 0 Å². The lowest BCUT2D eigenvalue weighted by Crippen LogP contribution is -2.26. The first-order chi connectivity index (χ1) is 7.04. The highest BCUT2D eigenvalue weighted by Gasteiger charge is 2.11. The molecular weight excluding hydrogens is 279 g/mol. The van der Waals surface area contributed by atoms with Gasteiger partial charge >= 0.3 is 0 Å². The molecule has 0 fully saturated rings. The zero-order valence-corrected chi connectivity index (χ0v) is 10.7. The Hall–Kier alpha value is -0.740. The molecule has 0 aliphatic carbocycles. The van der Waals surface area contributed by atoms with Crippen molar-refractivity contribution in [1.82, 2.24) is 9.88 Å². The molecule has 1 amide bonds. The first kappa shape index (κ1) is 12.3. The molecule has 0 saturated carbocycles. The van der Waals surface area contributed by atoms with Gasteiger partial charge in [-0.2, -0.15) is 0 Å². The first-order valence-corrected chi connectivity index (χ1v) is 5.68. The summed E-state index contributed by atoms with van der Waals surface area (Å²) in [5.41, 5.74) is 0.613. The summed E-state index contributed by atoms with van der Waals surface area (Å²) in [5, 5.41) is 3.09. The molecule has 0 aromatic carbocycles. The van der Waals surface area contributed by atoms with Crippen LogP contribution in [-0.4, -0.2) is 17.0 Å². The van der Waals surface area contributed by atoms with Gasteiger partial charge in [0, 0.05) is 22.2 Å². The van der Waals surface area contributed by atoms with Gasteiger partial charge in [-0.3, -0.25) is 4.79 Å². The van der Waals surface area contributed by atoms with E-state index in [0.717, 1.165) is 11.0 Å². The van der Waals surface area contributed by atoms with Gasteiger partial charge in [-0.1, -0.05) is 18.2 Å². The lowest BCUT2D eigenvalue weighted by molar-refractivity contribution is 0.0948. The molecule has 0 atom stereocenters. The Morgan fingerprint density at radius 3 is 2.93 bits per heavy atom.